The molecule has 45 heavy (non-hydrogen) atoms. The average Bonchev–Trinajstić information content (AvgIpc) is 3.38. The van der Waals surface area contributed by atoms with Gasteiger partial charge in [0.05, 0.1) is 13.1 Å². The first-order valence-corrected chi connectivity index (χ1v) is 21.2. The van der Waals surface area contributed by atoms with Crippen molar-refractivity contribution in [2.24, 2.45) is 0 Å². The monoisotopic (exact) mass is 697 g/mol. The van der Waals surface area contributed by atoms with Crippen molar-refractivity contribution in [2.75, 3.05) is 19.6 Å². The third-order valence-electron chi connectivity index (χ3n) is 10.7. The van der Waals surface area contributed by atoms with Gasteiger partial charge in [-0.1, -0.05) is 200 Å². The number of nitrogens with zero attached hydrogens (tertiary/aromatic N) is 2. The predicted octanol–water partition coefficient (Wildman–Crippen LogP) is 11.0. The zero-order valence-corrected chi connectivity index (χ0v) is 33.4. The van der Waals surface area contributed by atoms with Gasteiger partial charge in [-0.25, -0.2) is 0 Å². The first kappa shape index (κ1) is 45.0. The number of rotatable bonds is 35. The van der Waals surface area contributed by atoms with E-state index in [1.54, 1.807) is 5.84 Å². The molecule has 0 N–H and O–H groups in total. The number of unbranched alkanes of at least 4 members (excludes halogenated alkanes) is 29. The van der Waals surface area contributed by atoms with Crippen LogP contribution in [0.15, 0.2) is 0 Å². The van der Waals surface area contributed by atoms with Crippen molar-refractivity contribution < 1.29 is 21.6 Å². The van der Waals surface area contributed by atoms with Gasteiger partial charge in [-0.3, -0.25) is 9.48 Å². The van der Waals surface area contributed by atoms with E-state index < -0.39 is 0 Å². The summed E-state index contributed by atoms with van der Waals surface area (Å²) in [6.45, 7) is 13.1. The molecule has 0 aromatic rings. The number of hydrogen-bond donors (Lipinski definition) is 0. The van der Waals surface area contributed by atoms with Gasteiger partial charge in [0, 0.05) is 6.42 Å². The molecule has 1 rings (SSSR count). The van der Waals surface area contributed by atoms with E-state index in [2.05, 4.69) is 37.2 Å². The van der Waals surface area contributed by atoms with E-state index in [1.165, 1.54) is 232 Å². The van der Waals surface area contributed by atoms with Crippen molar-refractivity contribution in [3.8, 4) is 0 Å². The Balaban J connectivity index is 0.0000194. The van der Waals surface area contributed by atoms with Gasteiger partial charge >= 0.3 is 0 Å². The molecular weight excluding hydrogens is 612 g/mol. The SMILES string of the molecule is CCCCCCCCCCCCCCCCCCC1CN(CC)C(CCCCCCCCCCCCCCCCC)=[N+]1CC.[Br-]. The van der Waals surface area contributed by atoms with Gasteiger partial charge in [0.25, 0.3) is 0 Å². The highest BCUT2D eigenvalue weighted by Gasteiger charge is 2.35. The molecular formula is C42H85BrN2. The van der Waals surface area contributed by atoms with Gasteiger partial charge in [0.1, 0.15) is 12.6 Å². The zero-order valence-electron chi connectivity index (χ0n) is 31.8. The van der Waals surface area contributed by atoms with Crippen LogP contribution in [-0.2, 0) is 0 Å². The first-order chi connectivity index (χ1) is 21.8. The summed E-state index contributed by atoms with van der Waals surface area (Å²) in [6.07, 6.45) is 47.9. The van der Waals surface area contributed by atoms with Gasteiger partial charge in [0.15, 0.2) is 0 Å². The predicted molar refractivity (Wildman–Crippen MR) is 201 cm³/mol. The number of hydrogen-bond acceptors (Lipinski definition) is 1. The summed E-state index contributed by atoms with van der Waals surface area (Å²) in [6, 6.07) is 0.776. The van der Waals surface area contributed by atoms with E-state index in [9.17, 15) is 0 Å². The molecule has 0 saturated heterocycles. The maximum absolute atomic E-state index is 2.80. The highest BCUT2D eigenvalue weighted by Crippen LogP contribution is 2.21. The van der Waals surface area contributed by atoms with E-state index in [0.29, 0.717) is 0 Å². The second-order valence-electron chi connectivity index (χ2n) is 14.7. The molecule has 0 radical (unpaired) electrons. The standard InChI is InChI=1S/C42H85N2.BrH/c1-5-9-11-13-15-17-19-21-23-25-26-28-30-32-34-36-38-41-40-43(7-3)42(44(41)8-4)39-37-35-33-31-29-27-24-22-20-18-16-14-12-10-6-2;/h41H,5-40H2,1-4H3;1H/q+1;/p-1. The van der Waals surface area contributed by atoms with Crippen LogP contribution in [0.25, 0.3) is 0 Å². The van der Waals surface area contributed by atoms with Crippen molar-refractivity contribution in [3.05, 3.63) is 0 Å². The second kappa shape index (κ2) is 35.3. The molecule has 1 aliphatic heterocycles. The van der Waals surface area contributed by atoms with E-state index in [4.69, 9.17) is 0 Å². The summed E-state index contributed by atoms with van der Waals surface area (Å²) >= 11 is 0. The van der Waals surface area contributed by atoms with Crippen molar-refractivity contribution in [2.45, 2.75) is 246 Å². The van der Waals surface area contributed by atoms with Gasteiger partial charge in [-0.15, -0.1) is 0 Å². The molecule has 0 spiro atoms. The van der Waals surface area contributed by atoms with Crippen molar-refractivity contribution >= 4 is 5.84 Å². The van der Waals surface area contributed by atoms with Gasteiger partial charge in [0.2, 0.25) is 5.84 Å². The molecule has 270 valence electrons. The van der Waals surface area contributed by atoms with Crippen LogP contribution in [0, 0.1) is 0 Å². The quantitative estimate of drug-likeness (QED) is 0.0472. The molecule has 0 aromatic heterocycles. The van der Waals surface area contributed by atoms with E-state index in [0.717, 1.165) is 6.04 Å². The minimum atomic E-state index is 0. The molecule has 1 heterocycles. The lowest BCUT2D eigenvalue weighted by Crippen LogP contribution is -3.00. The third kappa shape index (κ3) is 25.6. The Kier molecular flexibility index (Phi) is 35.2. The van der Waals surface area contributed by atoms with Crippen LogP contribution >= 0.6 is 0 Å². The summed E-state index contributed by atoms with van der Waals surface area (Å²) < 4.78 is 2.80. The molecule has 1 atom stereocenters. The Labute approximate surface area is 296 Å². The molecule has 2 nitrogen and oxygen atoms in total. The van der Waals surface area contributed by atoms with Gasteiger partial charge < -0.3 is 17.0 Å². The first-order valence-electron chi connectivity index (χ1n) is 21.2. The van der Waals surface area contributed by atoms with Crippen LogP contribution in [0.1, 0.15) is 240 Å². The van der Waals surface area contributed by atoms with Crippen molar-refractivity contribution in [1.82, 2.24) is 4.90 Å². The molecule has 1 unspecified atom stereocenters. The molecule has 0 fully saturated rings. The Morgan fingerprint density at radius 2 is 0.756 bits per heavy atom. The van der Waals surface area contributed by atoms with Crippen LogP contribution in [0.3, 0.4) is 0 Å². The lowest BCUT2D eigenvalue weighted by atomic mass is 10.0. The molecule has 0 bridgehead atoms. The lowest BCUT2D eigenvalue weighted by molar-refractivity contribution is -0.554. The Morgan fingerprint density at radius 1 is 0.444 bits per heavy atom. The smallest absolute Gasteiger partial charge is 0.247 e. The highest BCUT2D eigenvalue weighted by molar-refractivity contribution is 5.78. The van der Waals surface area contributed by atoms with Crippen LogP contribution in [0.4, 0.5) is 0 Å². The zero-order chi connectivity index (χ0) is 31.8. The second-order valence-corrected chi connectivity index (χ2v) is 14.7. The maximum Gasteiger partial charge on any atom is 0.247 e. The van der Waals surface area contributed by atoms with Crippen LogP contribution in [-0.4, -0.2) is 41.0 Å². The minimum absolute atomic E-state index is 0. The molecule has 0 aliphatic carbocycles. The minimum Gasteiger partial charge on any atom is -1.00 e. The Hall–Kier alpha value is -0.0500. The summed E-state index contributed by atoms with van der Waals surface area (Å²) in [5.74, 6) is 1.69. The fourth-order valence-corrected chi connectivity index (χ4v) is 7.73. The maximum atomic E-state index is 2.80. The van der Waals surface area contributed by atoms with E-state index >= 15 is 0 Å². The number of halogens is 1. The largest absolute Gasteiger partial charge is 1.00 e. The molecule has 0 saturated carbocycles. The van der Waals surface area contributed by atoms with Gasteiger partial charge in [-0.2, -0.15) is 0 Å². The number of amidine groups is 1. The van der Waals surface area contributed by atoms with E-state index in [1.807, 2.05) is 0 Å². The molecule has 3 heteroatoms. The van der Waals surface area contributed by atoms with Crippen molar-refractivity contribution in [3.63, 3.8) is 0 Å². The fraction of sp³-hybridized carbons (Fsp3) is 0.976. The highest BCUT2D eigenvalue weighted by atomic mass is 79.9. The Bertz CT molecular complexity index is 618. The van der Waals surface area contributed by atoms with Gasteiger partial charge in [-0.05, 0) is 33.1 Å². The van der Waals surface area contributed by atoms with Crippen LogP contribution in [0.2, 0.25) is 0 Å². The van der Waals surface area contributed by atoms with Crippen LogP contribution < -0.4 is 17.0 Å². The van der Waals surface area contributed by atoms with E-state index in [-0.39, 0.29) is 17.0 Å². The van der Waals surface area contributed by atoms with Crippen LogP contribution in [0.5, 0.6) is 0 Å². The van der Waals surface area contributed by atoms with Crippen molar-refractivity contribution in [1.29, 1.82) is 0 Å². The normalized spacial score (nSPS) is 14.9. The Morgan fingerprint density at radius 3 is 1.07 bits per heavy atom. The molecule has 0 amide bonds. The average molecular weight is 698 g/mol. The fourth-order valence-electron chi connectivity index (χ4n) is 7.73. The summed E-state index contributed by atoms with van der Waals surface area (Å²) in [4.78, 5) is 2.73. The summed E-state index contributed by atoms with van der Waals surface area (Å²) in [5.41, 5.74) is 0. The summed E-state index contributed by atoms with van der Waals surface area (Å²) in [7, 11) is 0. The third-order valence-corrected chi connectivity index (χ3v) is 10.7. The molecule has 0 aromatic carbocycles. The topological polar surface area (TPSA) is 6.25 Å². The molecule has 1 aliphatic rings. The lowest BCUT2D eigenvalue weighted by Gasteiger charge is -2.11. The summed E-state index contributed by atoms with van der Waals surface area (Å²) in [5, 5.41) is 0. The number of likely N-dealkylation sites (N-methyl/N-ethyl adjacent to an activating group) is 2.